The third kappa shape index (κ3) is 4.09. The van der Waals surface area contributed by atoms with Gasteiger partial charge in [0, 0.05) is 30.9 Å². The summed E-state index contributed by atoms with van der Waals surface area (Å²) >= 11 is 6.12. The number of morpholine rings is 1. The molecule has 1 aliphatic heterocycles. The molecule has 1 aromatic carbocycles. The molecule has 0 aliphatic carbocycles. The number of ether oxygens (including phenoxy) is 1. The number of hydrogen-bond donors (Lipinski definition) is 0. The van der Waals surface area contributed by atoms with E-state index in [0.717, 1.165) is 30.8 Å². The largest absolute Gasteiger partial charge is 0.373 e. The molecule has 2 atom stereocenters. The maximum Gasteiger partial charge on any atom is 0.352 e. The lowest BCUT2D eigenvalue weighted by atomic mass is 10.1. The van der Waals surface area contributed by atoms with Gasteiger partial charge in [0.1, 0.15) is 12.0 Å². The molecule has 1 aliphatic rings. The topological polar surface area (TPSA) is 77.6 Å². The number of rotatable bonds is 4. The number of hydrogen-bond acceptors (Lipinski definition) is 6. The lowest BCUT2D eigenvalue weighted by Crippen LogP contribution is -2.44. The molecule has 0 unspecified atom stereocenters. The van der Waals surface area contributed by atoms with E-state index in [0.29, 0.717) is 23.2 Å². The quantitative estimate of drug-likeness (QED) is 0.423. The van der Waals surface area contributed by atoms with Crippen LogP contribution >= 0.6 is 11.6 Å². The average Bonchev–Trinajstić information content (AvgIpc) is 3.24. The Hall–Kier alpha value is -2.95. The highest BCUT2D eigenvalue weighted by atomic mass is 35.5. The Morgan fingerprint density at radius 3 is 2.55 bits per heavy atom. The van der Waals surface area contributed by atoms with Gasteiger partial charge in [-0.25, -0.2) is 23.5 Å². The van der Waals surface area contributed by atoms with Crippen molar-refractivity contribution in [2.75, 3.05) is 13.1 Å². The minimum atomic E-state index is -1.05. The molecule has 5 rings (SSSR count). The summed E-state index contributed by atoms with van der Waals surface area (Å²) in [5.41, 5.74) is 1.42. The highest BCUT2D eigenvalue weighted by molar-refractivity contribution is 6.31. The zero-order chi connectivity index (χ0) is 23.3. The summed E-state index contributed by atoms with van der Waals surface area (Å²) in [6, 6.07) is 3.81. The van der Waals surface area contributed by atoms with Gasteiger partial charge in [-0.3, -0.25) is 9.47 Å². The summed E-state index contributed by atoms with van der Waals surface area (Å²) in [7, 11) is 0. The normalized spacial score (nSPS) is 19.5. The first-order valence-corrected chi connectivity index (χ1v) is 10.9. The smallest absolute Gasteiger partial charge is 0.352 e. The van der Waals surface area contributed by atoms with Gasteiger partial charge >= 0.3 is 5.69 Å². The van der Waals surface area contributed by atoms with Crippen LogP contribution in [0.4, 0.5) is 8.78 Å². The van der Waals surface area contributed by atoms with Crippen LogP contribution in [0.2, 0.25) is 5.02 Å². The van der Waals surface area contributed by atoms with E-state index in [9.17, 15) is 13.6 Å². The molecule has 1 fully saturated rings. The molecule has 0 spiro atoms. The summed E-state index contributed by atoms with van der Waals surface area (Å²) in [6.45, 7) is 6.25. The second-order valence-corrected chi connectivity index (χ2v) is 8.80. The third-order valence-corrected chi connectivity index (χ3v) is 6.05. The highest BCUT2D eigenvalue weighted by Gasteiger charge is 2.23. The van der Waals surface area contributed by atoms with Crippen molar-refractivity contribution in [3.8, 4) is 0 Å². The number of nitrogens with zero attached hydrogens (tertiary/aromatic N) is 6. The van der Waals surface area contributed by atoms with Gasteiger partial charge in [-0.05, 0) is 43.2 Å². The van der Waals surface area contributed by atoms with Gasteiger partial charge < -0.3 is 4.74 Å². The molecule has 1 saturated heterocycles. The molecular formula is C22H21ClF2N6O2. The minimum Gasteiger partial charge on any atom is -0.373 e. The monoisotopic (exact) mass is 474 g/mol. The Bertz CT molecular complexity index is 1410. The van der Waals surface area contributed by atoms with Crippen molar-refractivity contribution in [1.82, 2.24) is 29.0 Å². The van der Waals surface area contributed by atoms with E-state index in [-0.39, 0.29) is 29.3 Å². The average molecular weight is 475 g/mol. The maximum atomic E-state index is 13.8. The molecule has 0 radical (unpaired) electrons. The molecular weight excluding hydrogens is 454 g/mol. The zero-order valence-electron chi connectivity index (χ0n) is 18.0. The van der Waals surface area contributed by atoms with Crippen LogP contribution in [0.5, 0.6) is 0 Å². The van der Waals surface area contributed by atoms with Crippen LogP contribution in [0.1, 0.15) is 25.0 Å². The Balaban J connectivity index is 1.59. The van der Waals surface area contributed by atoms with Crippen molar-refractivity contribution in [2.24, 2.45) is 0 Å². The lowest BCUT2D eigenvalue weighted by molar-refractivity contribution is -0.0705. The van der Waals surface area contributed by atoms with Crippen molar-refractivity contribution < 1.29 is 13.5 Å². The molecule has 0 bridgehead atoms. The van der Waals surface area contributed by atoms with Crippen molar-refractivity contribution in [3.63, 3.8) is 0 Å². The summed E-state index contributed by atoms with van der Waals surface area (Å²) in [5, 5.41) is 4.68. The summed E-state index contributed by atoms with van der Waals surface area (Å²) < 4.78 is 35.6. The molecule has 33 heavy (non-hydrogen) atoms. The predicted molar refractivity (Wildman–Crippen MR) is 118 cm³/mol. The number of aromatic nitrogens is 5. The molecule has 0 saturated carbocycles. The molecule has 4 heterocycles. The van der Waals surface area contributed by atoms with E-state index >= 15 is 0 Å². The molecule has 11 heteroatoms. The van der Waals surface area contributed by atoms with Gasteiger partial charge in [-0.1, -0.05) is 11.6 Å². The molecule has 3 aromatic heterocycles. The van der Waals surface area contributed by atoms with Crippen LogP contribution in [0, 0.1) is 11.6 Å². The molecule has 8 nitrogen and oxygen atoms in total. The van der Waals surface area contributed by atoms with E-state index in [2.05, 4.69) is 20.0 Å². The Morgan fingerprint density at radius 2 is 1.79 bits per heavy atom. The van der Waals surface area contributed by atoms with E-state index in [1.54, 1.807) is 6.20 Å². The second-order valence-electron chi connectivity index (χ2n) is 8.39. The SMILES string of the molecule is C[C@@H]1CN(Cc2cnc3c(c2)c2ncnn2c(=O)n3Cc2cc(F)c(F)cc2Cl)C[C@H](C)O1. The van der Waals surface area contributed by atoms with Crippen LogP contribution in [-0.2, 0) is 17.8 Å². The van der Waals surface area contributed by atoms with Crippen molar-refractivity contribution in [2.45, 2.75) is 39.1 Å². The molecule has 172 valence electrons. The standard InChI is InChI=1S/C22H21ClF2N6O2/c1-12-7-29(8-13(2)33-12)9-14-3-16-20(26-6-14)30(22(32)31-21(16)27-11-28-31)10-15-4-18(24)19(25)5-17(15)23/h3-6,11-13H,7-10H2,1-2H3/t12-,13+. The van der Waals surface area contributed by atoms with Crippen LogP contribution in [-0.4, -0.2) is 54.3 Å². The number of halogens is 3. The Morgan fingerprint density at radius 1 is 1.06 bits per heavy atom. The van der Waals surface area contributed by atoms with Crippen molar-refractivity contribution in [1.29, 1.82) is 0 Å². The van der Waals surface area contributed by atoms with Crippen molar-refractivity contribution in [3.05, 3.63) is 69.0 Å². The Kier molecular flexibility index (Phi) is 5.59. The number of benzene rings is 1. The van der Waals surface area contributed by atoms with Gasteiger partial charge in [0.25, 0.3) is 0 Å². The van der Waals surface area contributed by atoms with Gasteiger partial charge in [0.05, 0.1) is 24.1 Å². The van der Waals surface area contributed by atoms with E-state index < -0.39 is 17.3 Å². The fraction of sp³-hybridized carbons (Fsp3) is 0.364. The fourth-order valence-electron chi connectivity index (χ4n) is 4.41. The summed E-state index contributed by atoms with van der Waals surface area (Å²) in [6.07, 6.45) is 3.28. The number of pyridine rings is 1. The Labute approximate surface area is 192 Å². The number of fused-ring (bicyclic) bond motifs is 3. The first-order valence-electron chi connectivity index (χ1n) is 10.5. The first kappa shape index (κ1) is 21.9. The van der Waals surface area contributed by atoms with E-state index in [1.807, 2.05) is 19.9 Å². The van der Waals surface area contributed by atoms with Crippen LogP contribution in [0.25, 0.3) is 16.7 Å². The molecule has 4 aromatic rings. The lowest BCUT2D eigenvalue weighted by Gasteiger charge is -2.35. The van der Waals surface area contributed by atoms with Gasteiger partial charge in [-0.15, -0.1) is 0 Å². The van der Waals surface area contributed by atoms with E-state index in [1.165, 1.54) is 15.4 Å². The van der Waals surface area contributed by atoms with Gasteiger partial charge in [0.2, 0.25) is 0 Å². The van der Waals surface area contributed by atoms with Crippen LogP contribution < -0.4 is 5.69 Å². The van der Waals surface area contributed by atoms with Crippen LogP contribution in [0.3, 0.4) is 0 Å². The maximum absolute atomic E-state index is 13.8. The molecule has 0 N–H and O–H groups in total. The summed E-state index contributed by atoms with van der Waals surface area (Å²) in [4.78, 5) is 24.2. The zero-order valence-corrected chi connectivity index (χ0v) is 18.8. The van der Waals surface area contributed by atoms with Crippen LogP contribution in [0.15, 0.2) is 35.5 Å². The van der Waals surface area contributed by atoms with Gasteiger partial charge in [-0.2, -0.15) is 9.61 Å². The minimum absolute atomic E-state index is 0.0137. The summed E-state index contributed by atoms with van der Waals surface area (Å²) in [5.74, 6) is -2.10. The first-order chi connectivity index (χ1) is 15.8. The van der Waals surface area contributed by atoms with E-state index in [4.69, 9.17) is 16.3 Å². The fourth-order valence-corrected chi connectivity index (χ4v) is 4.62. The van der Waals surface area contributed by atoms with Gasteiger partial charge in [0.15, 0.2) is 17.3 Å². The molecule has 0 amide bonds. The predicted octanol–water partition coefficient (Wildman–Crippen LogP) is 3.03. The second kappa shape index (κ2) is 8.44. The highest BCUT2D eigenvalue weighted by Crippen LogP contribution is 2.23. The van der Waals surface area contributed by atoms with Crippen molar-refractivity contribution >= 4 is 28.3 Å². The third-order valence-electron chi connectivity index (χ3n) is 5.70.